The van der Waals surface area contributed by atoms with E-state index in [0.29, 0.717) is 19.8 Å². The normalized spacial score (nSPS) is 15.7. The predicted octanol–water partition coefficient (Wildman–Crippen LogP) is 4.15. The van der Waals surface area contributed by atoms with Crippen LogP contribution in [0.3, 0.4) is 0 Å². The maximum atomic E-state index is 14.4. The first-order valence-electron chi connectivity index (χ1n) is 10.0. The highest BCUT2D eigenvalue weighted by molar-refractivity contribution is 6.33. The molecule has 1 fully saturated rings. The molecular weight excluding hydrogens is 425 g/mol. The van der Waals surface area contributed by atoms with Gasteiger partial charge in [-0.1, -0.05) is 22.8 Å². The number of benzene rings is 1. The monoisotopic (exact) mass is 447 g/mol. The Morgan fingerprint density at radius 1 is 1.26 bits per heavy atom. The molecule has 164 valence electrons. The highest BCUT2D eigenvalue weighted by atomic mass is 35.5. The topological polar surface area (TPSA) is 80.7 Å². The van der Waals surface area contributed by atoms with Crippen molar-refractivity contribution in [3.63, 3.8) is 0 Å². The summed E-state index contributed by atoms with van der Waals surface area (Å²) in [4.78, 5) is 15.3. The number of morpholine rings is 1. The van der Waals surface area contributed by atoms with Crippen LogP contribution in [0, 0.1) is 19.7 Å². The minimum atomic E-state index is -0.577. The van der Waals surface area contributed by atoms with Crippen LogP contribution in [0.5, 0.6) is 0 Å². The van der Waals surface area contributed by atoms with Crippen molar-refractivity contribution in [1.29, 1.82) is 0 Å². The molecule has 1 atom stereocenters. The first kappa shape index (κ1) is 21.5. The molecule has 0 bridgehead atoms. The number of furan rings is 1. The molecule has 0 aliphatic carbocycles. The van der Waals surface area contributed by atoms with E-state index in [2.05, 4.69) is 15.4 Å². The zero-order chi connectivity index (χ0) is 22.0. The van der Waals surface area contributed by atoms with Gasteiger partial charge in [0.1, 0.15) is 34.4 Å². The van der Waals surface area contributed by atoms with Gasteiger partial charge in [-0.25, -0.2) is 4.39 Å². The maximum Gasteiger partial charge on any atom is 0.257 e. The molecule has 3 heterocycles. The van der Waals surface area contributed by atoms with Gasteiger partial charge in [0.05, 0.1) is 29.8 Å². The van der Waals surface area contributed by atoms with Gasteiger partial charge in [-0.05, 0) is 38.1 Å². The fourth-order valence-corrected chi connectivity index (χ4v) is 4.00. The second kappa shape index (κ2) is 9.21. The molecule has 1 saturated heterocycles. The van der Waals surface area contributed by atoms with Crippen molar-refractivity contribution in [2.75, 3.05) is 32.8 Å². The molecule has 1 aliphatic rings. The number of hydrogen-bond acceptors (Lipinski definition) is 6. The maximum absolute atomic E-state index is 14.4. The van der Waals surface area contributed by atoms with Crippen LogP contribution >= 0.6 is 11.6 Å². The average molecular weight is 448 g/mol. The van der Waals surface area contributed by atoms with Crippen molar-refractivity contribution in [3.8, 4) is 11.3 Å². The Labute approximate surface area is 184 Å². The molecule has 0 saturated carbocycles. The van der Waals surface area contributed by atoms with Gasteiger partial charge in [0, 0.05) is 19.6 Å². The lowest BCUT2D eigenvalue weighted by molar-refractivity contribution is 0.0117. The fourth-order valence-electron chi connectivity index (χ4n) is 3.74. The highest BCUT2D eigenvalue weighted by Crippen LogP contribution is 2.33. The second-order valence-electron chi connectivity index (χ2n) is 7.38. The number of ether oxygens (including phenoxy) is 1. The van der Waals surface area contributed by atoms with Crippen molar-refractivity contribution >= 4 is 17.5 Å². The van der Waals surface area contributed by atoms with Crippen LogP contribution in [0.25, 0.3) is 11.3 Å². The number of nitrogens with one attached hydrogen (secondary N) is 1. The number of halogens is 2. The number of nitrogens with zero attached hydrogens (tertiary/aromatic N) is 2. The largest absolute Gasteiger partial charge is 0.465 e. The lowest BCUT2D eigenvalue weighted by Gasteiger charge is -2.33. The number of aryl methyl sites for hydroxylation is 2. The smallest absolute Gasteiger partial charge is 0.257 e. The quantitative estimate of drug-likeness (QED) is 0.611. The predicted molar refractivity (Wildman–Crippen MR) is 113 cm³/mol. The lowest BCUT2D eigenvalue weighted by atomic mass is 10.0. The van der Waals surface area contributed by atoms with Crippen molar-refractivity contribution in [3.05, 3.63) is 64.0 Å². The van der Waals surface area contributed by atoms with E-state index in [9.17, 15) is 9.18 Å². The van der Waals surface area contributed by atoms with Gasteiger partial charge in [-0.15, -0.1) is 0 Å². The number of carbonyl (C=O) groups is 1. The molecule has 1 amide bonds. The van der Waals surface area contributed by atoms with E-state index in [1.165, 1.54) is 12.1 Å². The van der Waals surface area contributed by atoms with Crippen LogP contribution in [-0.2, 0) is 4.74 Å². The van der Waals surface area contributed by atoms with E-state index in [1.54, 1.807) is 13.0 Å². The van der Waals surface area contributed by atoms with E-state index in [-0.39, 0.29) is 33.6 Å². The molecule has 1 N–H and O–H groups in total. The summed E-state index contributed by atoms with van der Waals surface area (Å²) >= 11 is 6.18. The zero-order valence-corrected chi connectivity index (χ0v) is 18.0. The average Bonchev–Trinajstić information content (AvgIpc) is 3.34. The molecule has 1 aromatic carbocycles. The Morgan fingerprint density at radius 3 is 2.71 bits per heavy atom. The number of aromatic nitrogens is 1. The van der Waals surface area contributed by atoms with Crippen molar-refractivity contribution in [1.82, 2.24) is 15.4 Å². The summed E-state index contributed by atoms with van der Waals surface area (Å²) in [5, 5.41) is 6.99. The number of hydrogen-bond donors (Lipinski definition) is 1. The van der Waals surface area contributed by atoms with Gasteiger partial charge in [-0.3, -0.25) is 9.69 Å². The first-order valence-corrected chi connectivity index (χ1v) is 10.4. The van der Waals surface area contributed by atoms with E-state index in [0.717, 1.165) is 24.6 Å². The molecular formula is C22H23ClFN3O4. The third kappa shape index (κ3) is 4.51. The SMILES string of the molecule is Cc1ccc(C(CNC(=O)c2c(-c3c(F)cccc3Cl)noc2C)N2CCOCC2)o1. The summed E-state index contributed by atoms with van der Waals surface area (Å²) in [7, 11) is 0. The van der Waals surface area contributed by atoms with Crippen LogP contribution in [0.15, 0.2) is 39.3 Å². The Bertz CT molecular complexity index is 1050. The summed E-state index contributed by atoms with van der Waals surface area (Å²) in [6.07, 6.45) is 0. The van der Waals surface area contributed by atoms with Gasteiger partial charge >= 0.3 is 0 Å². The van der Waals surface area contributed by atoms with Crippen LogP contribution in [0.4, 0.5) is 4.39 Å². The standard InChI is InChI=1S/C22H23ClFN3O4/c1-13-6-7-18(30-13)17(27-8-10-29-11-9-27)12-25-22(28)19-14(2)31-26-21(19)20-15(23)4-3-5-16(20)24/h3-7,17H,8-12H2,1-2H3,(H,25,28). The number of carbonyl (C=O) groups excluding carboxylic acids is 1. The summed E-state index contributed by atoms with van der Waals surface area (Å²) in [6, 6.07) is 7.94. The molecule has 1 unspecified atom stereocenters. The summed E-state index contributed by atoms with van der Waals surface area (Å²) in [5.41, 5.74) is 0.274. The summed E-state index contributed by atoms with van der Waals surface area (Å²) in [6.45, 7) is 6.46. The molecule has 0 spiro atoms. The van der Waals surface area contributed by atoms with E-state index in [4.69, 9.17) is 25.3 Å². The van der Waals surface area contributed by atoms with Crippen LogP contribution in [-0.4, -0.2) is 48.8 Å². The van der Waals surface area contributed by atoms with Gasteiger partial charge in [-0.2, -0.15) is 0 Å². The van der Waals surface area contributed by atoms with Crippen LogP contribution in [0.1, 0.15) is 33.7 Å². The Morgan fingerprint density at radius 2 is 2.03 bits per heavy atom. The van der Waals surface area contributed by atoms with Crippen molar-refractivity contribution in [2.45, 2.75) is 19.9 Å². The third-order valence-corrected chi connectivity index (χ3v) is 5.64. The van der Waals surface area contributed by atoms with E-state index < -0.39 is 11.7 Å². The van der Waals surface area contributed by atoms with Crippen molar-refractivity contribution < 1.29 is 22.9 Å². The zero-order valence-electron chi connectivity index (χ0n) is 17.3. The molecule has 3 aromatic rings. The van der Waals surface area contributed by atoms with Crippen LogP contribution < -0.4 is 5.32 Å². The molecule has 31 heavy (non-hydrogen) atoms. The molecule has 9 heteroatoms. The summed E-state index contributed by atoms with van der Waals surface area (Å²) in [5.74, 6) is 0.843. The molecule has 7 nitrogen and oxygen atoms in total. The Kier molecular flexibility index (Phi) is 6.41. The lowest BCUT2D eigenvalue weighted by Crippen LogP contribution is -2.43. The fraction of sp³-hybridized carbons (Fsp3) is 0.364. The van der Waals surface area contributed by atoms with Gasteiger partial charge in [0.25, 0.3) is 5.91 Å². The third-order valence-electron chi connectivity index (χ3n) is 5.32. The van der Waals surface area contributed by atoms with Crippen LogP contribution in [0.2, 0.25) is 5.02 Å². The Balaban J connectivity index is 1.58. The van der Waals surface area contributed by atoms with Crippen molar-refractivity contribution in [2.24, 2.45) is 0 Å². The minimum absolute atomic E-state index is 0.0394. The molecule has 2 aromatic heterocycles. The first-order chi connectivity index (χ1) is 15.0. The second-order valence-corrected chi connectivity index (χ2v) is 7.79. The molecule has 0 radical (unpaired) electrons. The molecule has 1 aliphatic heterocycles. The molecule has 4 rings (SSSR count). The number of amides is 1. The van der Waals surface area contributed by atoms with Gasteiger partial charge in [0.15, 0.2) is 0 Å². The van der Waals surface area contributed by atoms with Gasteiger partial charge < -0.3 is 19.0 Å². The van der Waals surface area contributed by atoms with E-state index >= 15 is 0 Å². The Hall–Kier alpha value is -2.68. The minimum Gasteiger partial charge on any atom is -0.465 e. The van der Waals surface area contributed by atoms with Gasteiger partial charge in [0.2, 0.25) is 0 Å². The highest BCUT2D eigenvalue weighted by Gasteiger charge is 2.29. The number of rotatable bonds is 6. The summed E-state index contributed by atoms with van der Waals surface area (Å²) < 4.78 is 30.9. The van der Waals surface area contributed by atoms with E-state index in [1.807, 2.05) is 19.1 Å².